The Morgan fingerprint density at radius 1 is 1.35 bits per heavy atom. The summed E-state index contributed by atoms with van der Waals surface area (Å²) in [6, 6.07) is 12.2. The van der Waals surface area contributed by atoms with E-state index in [0.717, 1.165) is 24.0 Å². The van der Waals surface area contributed by atoms with Gasteiger partial charge in [-0.25, -0.2) is 4.68 Å². The molecule has 3 aromatic rings. The molecule has 1 aliphatic rings. The summed E-state index contributed by atoms with van der Waals surface area (Å²) in [5, 5.41) is 8.96. The molecular weight excluding hydrogens is 288 g/mol. The first-order valence-electron chi connectivity index (χ1n) is 7.78. The van der Waals surface area contributed by atoms with E-state index < -0.39 is 5.91 Å². The molecule has 0 fully saturated rings. The topological polar surface area (TPSA) is 72.9 Å². The van der Waals surface area contributed by atoms with Crippen molar-refractivity contribution in [2.45, 2.75) is 19.4 Å². The molecule has 2 heterocycles. The highest BCUT2D eigenvalue weighted by atomic mass is 16.1. The maximum absolute atomic E-state index is 11.6. The van der Waals surface area contributed by atoms with Gasteiger partial charge in [0, 0.05) is 17.6 Å². The fourth-order valence-corrected chi connectivity index (χ4v) is 3.27. The molecule has 1 atom stereocenters. The summed E-state index contributed by atoms with van der Waals surface area (Å²) < 4.78 is 1.82. The van der Waals surface area contributed by atoms with Crippen LogP contribution in [0.3, 0.4) is 0 Å². The zero-order valence-corrected chi connectivity index (χ0v) is 12.9. The summed E-state index contributed by atoms with van der Waals surface area (Å²) in [5.74, 6) is -0.455. The molecule has 0 aliphatic carbocycles. The summed E-state index contributed by atoms with van der Waals surface area (Å²) in [7, 11) is 0. The van der Waals surface area contributed by atoms with Gasteiger partial charge in [0.05, 0.1) is 11.3 Å². The smallest absolute Gasteiger partial charge is 0.250 e. The zero-order chi connectivity index (χ0) is 16.0. The number of carbonyl (C=O) groups is 1. The van der Waals surface area contributed by atoms with Gasteiger partial charge in [-0.1, -0.05) is 18.2 Å². The molecule has 4 rings (SSSR count). The van der Waals surface area contributed by atoms with Gasteiger partial charge in [-0.15, -0.1) is 0 Å². The molecule has 0 saturated carbocycles. The second kappa shape index (κ2) is 5.21. The fraction of sp³-hybridized carbons (Fsp3) is 0.222. The molecule has 23 heavy (non-hydrogen) atoms. The third-order valence-corrected chi connectivity index (χ3v) is 4.51. The maximum atomic E-state index is 11.6. The molecule has 1 amide bonds. The van der Waals surface area contributed by atoms with Gasteiger partial charge in [-0.05, 0) is 49.2 Å². The SMILES string of the molecule is CC1NCCc2ccc(-n3cc4cccc(C(N)=O)c4n3)cc21. The van der Waals surface area contributed by atoms with Gasteiger partial charge < -0.3 is 11.1 Å². The molecule has 5 nitrogen and oxygen atoms in total. The van der Waals surface area contributed by atoms with Gasteiger partial charge in [0.1, 0.15) is 5.52 Å². The quantitative estimate of drug-likeness (QED) is 0.763. The minimum absolute atomic E-state index is 0.338. The molecule has 3 N–H and O–H groups in total. The number of fused-ring (bicyclic) bond motifs is 2. The number of aromatic nitrogens is 2. The molecule has 5 heteroatoms. The fourth-order valence-electron chi connectivity index (χ4n) is 3.27. The molecular formula is C18H18N4O. The second-order valence-corrected chi connectivity index (χ2v) is 5.99. The Morgan fingerprint density at radius 2 is 2.22 bits per heavy atom. The van der Waals surface area contributed by atoms with Crippen LogP contribution in [0.4, 0.5) is 0 Å². The Hall–Kier alpha value is -2.66. The molecule has 116 valence electrons. The van der Waals surface area contributed by atoms with Crippen molar-refractivity contribution >= 4 is 16.8 Å². The normalized spacial score (nSPS) is 17.2. The molecule has 1 aliphatic heterocycles. The summed E-state index contributed by atoms with van der Waals surface area (Å²) in [6.07, 6.45) is 2.98. The number of hydrogen-bond donors (Lipinski definition) is 2. The number of rotatable bonds is 2. The van der Waals surface area contributed by atoms with Gasteiger partial charge in [0.15, 0.2) is 0 Å². The number of nitrogens with zero attached hydrogens (tertiary/aromatic N) is 2. The maximum Gasteiger partial charge on any atom is 0.250 e. The molecule has 1 unspecified atom stereocenters. The van der Waals surface area contributed by atoms with E-state index in [1.165, 1.54) is 11.1 Å². The van der Waals surface area contributed by atoms with Crippen molar-refractivity contribution in [3.8, 4) is 5.69 Å². The Morgan fingerprint density at radius 3 is 3.04 bits per heavy atom. The number of primary amides is 1. The first-order valence-corrected chi connectivity index (χ1v) is 7.78. The van der Waals surface area contributed by atoms with Crippen LogP contribution in [0, 0.1) is 0 Å². The van der Waals surface area contributed by atoms with E-state index in [9.17, 15) is 4.79 Å². The predicted octanol–water partition coefficient (Wildman–Crippen LogP) is 2.33. The summed E-state index contributed by atoms with van der Waals surface area (Å²) in [5.41, 5.74) is 10.2. The number of carbonyl (C=O) groups excluding carboxylic acids is 1. The molecule has 1 aromatic heterocycles. The van der Waals surface area contributed by atoms with E-state index in [2.05, 4.69) is 35.5 Å². The lowest BCUT2D eigenvalue weighted by Gasteiger charge is -2.24. The molecule has 0 radical (unpaired) electrons. The van der Waals surface area contributed by atoms with Crippen LogP contribution in [0.2, 0.25) is 0 Å². The van der Waals surface area contributed by atoms with Crippen molar-refractivity contribution in [1.82, 2.24) is 15.1 Å². The summed E-state index contributed by atoms with van der Waals surface area (Å²) >= 11 is 0. The Kier molecular flexibility index (Phi) is 3.16. The van der Waals surface area contributed by atoms with E-state index in [1.807, 2.05) is 23.0 Å². The lowest BCUT2D eigenvalue weighted by molar-refractivity contribution is 0.100. The molecule has 0 spiro atoms. The van der Waals surface area contributed by atoms with Gasteiger partial charge >= 0.3 is 0 Å². The first kappa shape index (κ1) is 14.0. The first-order chi connectivity index (χ1) is 11.1. The molecule has 0 saturated heterocycles. The van der Waals surface area contributed by atoms with Gasteiger partial charge in [-0.2, -0.15) is 5.10 Å². The van der Waals surface area contributed by atoms with E-state index in [1.54, 1.807) is 6.07 Å². The minimum atomic E-state index is -0.455. The van der Waals surface area contributed by atoms with Crippen LogP contribution in [-0.4, -0.2) is 22.2 Å². The summed E-state index contributed by atoms with van der Waals surface area (Å²) in [4.78, 5) is 11.6. The number of hydrogen-bond acceptors (Lipinski definition) is 3. The standard InChI is InChI=1S/C18H18N4O/c1-11-16-9-14(6-5-12(16)7-8-20-11)22-10-13-3-2-4-15(18(19)23)17(13)21-22/h2-6,9-11,20H,7-8H2,1H3,(H2,19,23). The van der Waals surface area contributed by atoms with Gasteiger partial charge in [-0.3, -0.25) is 4.79 Å². The van der Waals surface area contributed by atoms with E-state index in [0.29, 0.717) is 17.1 Å². The zero-order valence-electron chi connectivity index (χ0n) is 12.9. The summed E-state index contributed by atoms with van der Waals surface area (Å²) in [6.45, 7) is 3.19. The van der Waals surface area contributed by atoms with Gasteiger partial charge in [0.2, 0.25) is 0 Å². The van der Waals surface area contributed by atoms with Crippen LogP contribution in [0.1, 0.15) is 34.5 Å². The van der Waals surface area contributed by atoms with Crippen molar-refractivity contribution in [1.29, 1.82) is 0 Å². The number of amides is 1. The average molecular weight is 306 g/mol. The van der Waals surface area contributed by atoms with E-state index in [-0.39, 0.29) is 0 Å². The number of nitrogens with two attached hydrogens (primary N) is 1. The van der Waals surface area contributed by atoms with Gasteiger partial charge in [0.25, 0.3) is 5.91 Å². The highest BCUT2D eigenvalue weighted by Crippen LogP contribution is 2.26. The predicted molar refractivity (Wildman–Crippen MR) is 89.7 cm³/mol. The lowest BCUT2D eigenvalue weighted by Crippen LogP contribution is -2.27. The van der Waals surface area contributed by atoms with E-state index >= 15 is 0 Å². The van der Waals surface area contributed by atoms with Crippen molar-refractivity contribution in [2.75, 3.05) is 6.54 Å². The van der Waals surface area contributed by atoms with Crippen LogP contribution < -0.4 is 11.1 Å². The number of benzene rings is 2. The monoisotopic (exact) mass is 306 g/mol. The van der Waals surface area contributed by atoms with Crippen molar-refractivity contribution in [2.24, 2.45) is 5.73 Å². The Balaban J connectivity index is 1.85. The van der Waals surface area contributed by atoms with Crippen LogP contribution in [0.25, 0.3) is 16.6 Å². The average Bonchev–Trinajstić information content (AvgIpc) is 2.98. The molecule has 2 aromatic carbocycles. The minimum Gasteiger partial charge on any atom is -0.366 e. The van der Waals surface area contributed by atoms with Crippen LogP contribution >= 0.6 is 0 Å². The second-order valence-electron chi connectivity index (χ2n) is 5.99. The van der Waals surface area contributed by atoms with Crippen LogP contribution in [0.15, 0.2) is 42.6 Å². The van der Waals surface area contributed by atoms with Crippen LogP contribution in [0.5, 0.6) is 0 Å². The number of nitrogens with one attached hydrogen (secondary N) is 1. The van der Waals surface area contributed by atoms with Crippen molar-refractivity contribution in [3.63, 3.8) is 0 Å². The van der Waals surface area contributed by atoms with E-state index in [4.69, 9.17) is 5.73 Å². The van der Waals surface area contributed by atoms with Crippen LogP contribution in [-0.2, 0) is 6.42 Å². The molecule has 0 bridgehead atoms. The highest BCUT2D eigenvalue weighted by Gasteiger charge is 2.17. The Bertz CT molecular complexity index is 913. The highest BCUT2D eigenvalue weighted by molar-refractivity contribution is 6.04. The third-order valence-electron chi connectivity index (χ3n) is 4.51. The third kappa shape index (κ3) is 2.29. The lowest BCUT2D eigenvalue weighted by atomic mass is 9.95. The van der Waals surface area contributed by atoms with Crippen molar-refractivity contribution in [3.05, 3.63) is 59.3 Å². The van der Waals surface area contributed by atoms with Crippen molar-refractivity contribution < 1.29 is 4.79 Å². The largest absolute Gasteiger partial charge is 0.366 e. The Labute approximate surface area is 134 Å².